The lowest BCUT2D eigenvalue weighted by Gasteiger charge is -2.46. The molecule has 0 saturated carbocycles. The molecular formula is C26H33FN4O2. The van der Waals surface area contributed by atoms with Gasteiger partial charge in [0.15, 0.2) is 0 Å². The number of fused-ring (bicyclic) bond motifs is 1. The van der Waals surface area contributed by atoms with Crippen molar-refractivity contribution < 1.29 is 13.9 Å². The SMILES string of the molecule is COC(=O)c1ccc(Cn2ccc3c(N4C[C@@H](C)N(CC(C)(C)F)[C@@H](C)C4)ccnc32)cc1. The van der Waals surface area contributed by atoms with Crippen molar-refractivity contribution in [1.82, 2.24) is 14.5 Å². The molecule has 2 atom stereocenters. The summed E-state index contributed by atoms with van der Waals surface area (Å²) in [4.78, 5) is 21.0. The minimum atomic E-state index is -1.21. The van der Waals surface area contributed by atoms with Crippen LogP contribution in [0.3, 0.4) is 0 Å². The first kappa shape index (κ1) is 23.2. The number of pyridine rings is 1. The first-order valence-electron chi connectivity index (χ1n) is 11.5. The van der Waals surface area contributed by atoms with Crippen molar-refractivity contribution in [3.8, 4) is 0 Å². The summed E-state index contributed by atoms with van der Waals surface area (Å²) in [6.45, 7) is 10.5. The van der Waals surface area contributed by atoms with Gasteiger partial charge in [-0.15, -0.1) is 0 Å². The van der Waals surface area contributed by atoms with E-state index in [1.165, 1.54) is 7.11 Å². The standard InChI is InChI=1S/C26H33FN4O2/c1-18-14-30(15-19(2)31(18)17-26(3,4)27)23-10-12-28-24-22(23)11-13-29(24)16-20-6-8-21(9-7-20)25(32)33-5/h6-13,18-19H,14-17H2,1-5H3/t18-,19+. The second kappa shape index (κ2) is 9.14. The average Bonchev–Trinajstić information content (AvgIpc) is 3.18. The summed E-state index contributed by atoms with van der Waals surface area (Å²) in [6.07, 6.45) is 3.92. The van der Waals surface area contributed by atoms with Gasteiger partial charge in [-0.3, -0.25) is 4.90 Å². The van der Waals surface area contributed by atoms with Crippen LogP contribution in [0, 0.1) is 0 Å². The number of carbonyl (C=O) groups is 1. The maximum Gasteiger partial charge on any atom is 0.337 e. The molecule has 6 nitrogen and oxygen atoms in total. The molecule has 33 heavy (non-hydrogen) atoms. The van der Waals surface area contributed by atoms with Crippen molar-refractivity contribution in [1.29, 1.82) is 0 Å². The lowest BCUT2D eigenvalue weighted by atomic mass is 10.0. The Morgan fingerprint density at radius 3 is 2.39 bits per heavy atom. The minimum absolute atomic E-state index is 0.252. The smallest absolute Gasteiger partial charge is 0.337 e. The predicted molar refractivity (Wildman–Crippen MR) is 130 cm³/mol. The predicted octanol–water partition coefficient (Wildman–Crippen LogP) is 4.52. The van der Waals surface area contributed by atoms with Gasteiger partial charge in [0.25, 0.3) is 0 Å². The lowest BCUT2D eigenvalue weighted by Crippen LogP contribution is -2.59. The Morgan fingerprint density at radius 1 is 1.12 bits per heavy atom. The van der Waals surface area contributed by atoms with Crippen LogP contribution < -0.4 is 4.90 Å². The zero-order chi connectivity index (χ0) is 23.8. The van der Waals surface area contributed by atoms with Crippen LogP contribution in [0.25, 0.3) is 11.0 Å². The van der Waals surface area contributed by atoms with E-state index < -0.39 is 5.67 Å². The van der Waals surface area contributed by atoms with E-state index in [-0.39, 0.29) is 18.1 Å². The molecule has 1 saturated heterocycles. The second-order valence-corrected chi connectivity index (χ2v) is 9.69. The molecule has 2 aromatic heterocycles. The maximum absolute atomic E-state index is 14.3. The fourth-order valence-electron chi connectivity index (χ4n) is 4.84. The largest absolute Gasteiger partial charge is 0.465 e. The lowest BCUT2D eigenvalue weighted by molar-refractivity contribution is 0.0587. The summed E-state index contributed by atoms with van der Waals surface area (Å²) < 4.78 is 21.2. The van der Waals surface area contributed by atoms with Crippen molar-refractivity contribution in [2.45, 2.75) is 52.0 Å². The van der Waals surface area contributed by atoms with Crippen LogP contribution in [0.4, 0.5) is 10.1 Å². The van der Waals surface area contributed by atoms with Gasteiger partial charge in [0.1, 0.15) is 11.3 Å². The minimum Gasteiger partial charge on any atom is -0.465 e. The first-order valence-corrected chi connectivity index (χ1v) is 11.5. The Bertz CT molecular complexity index is 1110. The van der Waals surface area contributed by atoms with Gasteiger partial charge in [0.05, 0.1) is 12.7 Å². The zero-order valence-corrected chi connectivity index (χ0v) is 20.1. The van der Waals surface area contributed by atoms with E-state index in [2.05, 4.69) is 51.5 Å². The zero-order valence-electron chi connectivity index (χ0n) is 20.1. The van der Waals surface area contributed by atoms with Gasteiger partial charge in [-0.05, 0) is 57.5 Å². The molecule has 176 valence electrons. The third kappa shape index (κ3) is 5.03. The highest BCUT2D eigenvalue weighted by Crippen LogP contribution is 2.31. The number of anilines is 1. The monoisotopic (exact) mass is 452 g/mol. The Balaban J connectivity index is 1.55. The molecule has 0 spiro atoms. The summed E-state index contributed by atoms with van der Waals surface area (Å²) in [5.74, 6) is -0.335. The highest BCUT2D eigenvalue weighted by Gasteiger charge is 2.34. The summed E-state index contributed by atoms with van der Waals surface area (Å²) in [5.41, 5.74) is 2.50. The van der Waals surface area contributed by atoms with E-state index in [1.54, 1.807) is 26.0 Å². The second-order valence-electron chi connectivity index (χ2n) is 9.69. The summed E-state index contributed by atoms with van der Waals surface area (Å²) in [7, 11) is 1.38. The Morgan fingerprint density at radius 2 is 1.79 bits per heavy atom. The van der Waals surface area contributed by atoms with Gasteiger partial charge in [-0.1, -0.05) is 12.1 Å². The molecule has 1 aliphatic heterocycles. The summed E-state index contributed by atoms with van der Waals surface area (Å²) in [6, 6.07) is 12.1. The Labute approximate surface area is 195 Å². The number of alkyl halides is 1. The number of aromatic nitrogens is 2. The fourth-order valence-corrected chi connectivity index (χ4v) is 4.84. The van der Waals surface area contributed by atoms with Crippen LogP contribution in [-0.2, 0) is 11.3 Å². The number of esters is 1. The molecule has 7 heteroatoms. The van der Waals surface area contributed by atoms with E-state index in [0.717, 1.165) is 35.4 Å². The third-order valence-corrected chi connectivity index (χ3v) is 6.37. The molecule has 0 amide bonds. The van der Waals surface area contributed by atoms with Crippen LogP contribution in [0.15, 0.2) is 48.8 Å². The topological polar surface area (TPSA) is 50.6 Å². The first-order chi connectivity index (χ1) is 15.7. The normalized spacial score (nSPS) is 19.8. The van der Waals surface area contributed by atoms with Crippen LogP contribution >= 0.6 is 0 Å². The maximum atomic E-state index is 14.3. The molecule has 1 aliphatic rings. The van der Waals surface area contributed by atoms with E-state index in [4.69, 9.17) is 4.74 Å². The third-order valence-electron chi connectivity index (χ3n) is 6.37. The average molecular weight is 453 g/mol. The molecule has 3 aromatic rings. The van der Waals surface area contributed by atoms with Gasteiger partial charge in [-0.25, -0.2) is 14.2 Å². The summed E-state index contributed by atoms with van der Waals surface area (Å²) >= 11 is 0. The Hall–Kier alpha value is -2.93. The number of benzene rings is 1. The Kier molecular flexibility index (Phi) is 6.43. The quantitative estimate of drug-likeness (QED) is 0.515. The molecule has 4 rings (SSSR count). The van der Waals surface area contributed by atoms with Gasteiger partial charge in [0, 0.05) is 61.7 Å². The number of nitrogens with zero attached hydrogens (tertiary/aromatic N) is 4. The summed E-state index contributed by atoms with van der Waals surface area (Å²) in [5, 5.41) is 1.11. The number of hydrogen-bond acceptors (Lipinski definition) is 5. The van der Waals surface area contributed by atoms with E-state index in [0.29, 0.717) is 18.7 Å². The molecule has 3 heterocycles. The molecule has 0 aliphatic carbocycles. The van der Waals surface area contributed by atoms with Crippen molar-refractivity contribution in [3.63, 3.8) is 0 Å². The number of rotatable bonds is 6. The van der Waals surface area contributed by atoms with Crippen molar-refractivity contribution in [2.24, 2.45) is 0 Å². The molecule has 0 bridgehead atoms. The van der Waals surface area contributed by atoms with E-state index >= 15 is 0 Å². The van der Waals surface area contributed by atoms with Crippen molar-refractivity contribution in [3.05, 3.63) is 59.9 Å². The van der Waals surface area contributed by atoms with Gasteiger partial charge >= 0.3 is 5.97 Å². The molecular weight excluding hydrogens is 419 g/mol. The van der Waals surface area contributed by atoms with E-state index in [9.17, 15) is 9.18 Å². The van der Waals surface area contributed by atoms with E-state index in [1.807, 2.05) is 18.3 Å². The molecule has 1 aromatic carbocycles. The molecule has 0 N–H and O–H groups in total. The van der Waals surface area contributed by atoms with Crippen LogP contribution in [0.5, 0.6) is 0 Å². The van der Waals surface area contributed by atoms with Crippen LogP contribution in [0.1, 0.15) is 43.6 Å². The highest BCUT2D eigenvalue weighted by atomic mass is 19.1. The van der Waals surface area contributed by atoms with Gasteiger partial charge < -0.3 is 14.2 Å². The highest BCUT2D eigenvalue weighted by molar-refractivity contribution is 5.90. The van der Waals surface area contributed by atoms with Crippen LogP contribution in [-0.4, -0.2) is 64.9 Å². The van der Waals surface area contributed by atoms with Gasteiger partial charge in [-0.2, -0.15) is 0 Å². The molecule has 1 fully saturated rings. The molecule has 0 radical (unpaired) electrons. The van der Waals surface area contributed by atoms with Gasteiger partial charge in [0.2, 0.25) is 0 Å². The van der Waals surface area contributed by atoms with Crippen LogP contribution in [0.2, 0.25) is 0 Å². The number of ether oxygens (including phenoxy) is 1. The number of halogens is 1. The number of piperazine rings is 1. The molecule has 0 unspecified atom stereocenters. The number of carbonyl (C=O) groups excluding carboxylic acids is 1. The van der Waals surface area contributed by atoms with Crippen molar-refractivity contribution >= 4 is 22.7 Å². The number of methoxy groups -OCH3 is 1. The fraction of sp³-hybridized carbons (Fsp3) is 0.462. The van der Waals surface area contributed by atoms with Crippen molar-refractivity contribution in [2.75, 3.05) is 31.6 Å². The number of hydrogen-bond donors (Lipinski definition) is 0.